The van der Waals surface area contributed by atoms with Crippen molar-refractivity contribution in [3.63, 3.8) is 0 Å². The average molecular weight is 252 g/mol. The molecule has 1 aliphatic carbocycles. The van der Waals surface area contributed by atoms with Crippen LogP contribution in [0.2, 0.25) is 0 Å². The Hall–Kier alpha value is -1.33. The third-order valence-electron chi connectivity index (χ3n) is 3.53. The number of nitrogen functional groups attached to an aromatic ring is 1. The fourth-order valence-electron chi connectivity index (χ4n) is 2.32. The number of hydrogen-bond donors (Lipinski definition) is 2. The van der Waals surface area contributed by atoms with Gasteiger partial charge in [-0.15, -0.1) is 0 Å². The number of ether oxygens (including phenoxy) is 1. The lowest BCUT2D eigenvalue weighted by Crippen LogP contribution is -2.30. The highest BCUT2D eigenvalue weighted by molar-refractivity contribution is 5.94. The highest BCUT2D eigenvalue weighted by atomic mass is 16.5. The molecule has 1 amide bonds. The van der Waals surface area contributed by atoms with Gasteiger partial charge in [-0.1, -0.05) is 6.92 Å². The predicted molar refractivity (Wildman–Crippen MR) is 66.6 cm³/mol. The SMILES string of the molecule is CC1CCC(OCc2occc2C(=O)NN)CC1. The molecule has 0 unspecified atom stereocenters. The molecule has 1 fully saturated rings. The van der Waals surface area contributed by atoms with Crippen LogP contribution in [0.1, 0.15) is 48.7 Å². The normalized spacial score (nSPS) is 23.9. The van der Waals surface area contributed by atoms with Crippen molar-refractivity contribution < 1.29 is 13.9 Å². The summed E-state index contributed by atoms with van der Waals surface area (Å²) in [6, 6.07) is 1.60. The quantitative estimate of drug-likeness (QED) is 0.488. The van der Waals surface area contributed by atoms with Crippen molar-refractivity contribution in [1.82, 2.24) is 5.43 Å². The van der Waals surface area contributed by atoms with Gasteiger partial charge in [0.25, 0.3) is 5.91 Å². The van der Waals surface area contributed by atoms with Gasteiger partial charge in [0.1, 0.15) is 12.4 Å². The Balaban J connectivity index is 1.87. The van der Waals surface area contributed by atoms with Crippen LogP contribution in [0.15, 0.2) is 16.7 Å². The first kappa shape index (κ1) is 13.1. The first-order valence-corrected chi connectivity index (χ1v) is 6.39. The average Bonchev–Trinajstić information content (AvgIpc) is 2.85. The summed E-state index contributed by atoms with van der Waals surface area (Å²) in [5.74, 6) is 6.09. The fourth-order valence-corrected chi connectivity index (χ4v) is 2.32. The molecule has 2 rings (SSSR count). The Bertz CT molecular complexity index is 395. The molecular weight excluding hydrogens is 232 g/mol. The highest BCUT2D eigenvalue weighted by Crippen LogP contribution is 2.26. The zero-order valence-electron chi connectivity index (χ0n) is 10.6. The van der Waals surface area contributed by atoms with E-state index in [-0.39, 0.29) is 12.0 Å². The van der Waals surface area contributed by atoms with Crippen LogP contribution < -0.4 is 11.3 Å². The summed E-state index contributed by atoms with van der Waals surface area (Å²) in [5, 5.41) is 0. The van der Waals surface area contributed by atoms with E-state index < -0.39 is 0 Å². The number of nitrogens with one attached hydrogen (secondary N) is 1. The Labute approximate surface area is 107 Å². The molecule has 0 aliphatic heterocycles. The van der Waals surface area contributed by atoms with Crippen LogP contribution in [0.5, 0.6) is 0 Å². The lowest BCUT2D eigenvalue weighted by molar-refractivity contribution is 0.000906. The molecular formula is C13H20N2O3. The zero-order valence-corrected chi connectivity index (χ0v) is 10.6. The van der Waals surface area contributed by atoms with Gasteiger partial charge in [0.2, 0.25) is 0 Å². The van der Waals surface area contributed by atoms with Gasteiger partial charge in [-0.3, -0.25) is 10.2 Å². The zero-order chi connectivity index (χ0) is 13.0. The van der Waals surface area contributed by atoms with Crippen LogP contribution in [0, 0.1) is 5.92 Å². The van der Waals surface area contributed by atoms with E-state index in [4.69, 9.17) is 15.0 Å². The second kappa shape index (κ2) is 6.02. The summed E-state index contributed by atoms with van der Waals surface area (Å²) in [6.45, 7) is 2.60. The summed E-state index contributed by atoms with van der Waals surface area (Å²) >= 11 is 0. The van der Waals surface area contributed by atoms with E-state index in [1.165, 1.54) is 19.1 Å². The number of amides is 1. The smallest absolute Gasteiger partial charge is 0.268 e. The van der Waals surface area contributed by atoms with Gasteiger partial charge in [0.05, 0.1) is 17.9 Å². The lowest BCUT2D eigenvalue weighted by Gasteiger charge is -2.25. The largest absolute Gasteiger partial charge is 0.466 e. The second-order valence-electron chi connectivity index (χ2n) is 4.92. The van der Waals surface area contributed by atoms with Crippen molar-refractivity contribution in [2.45, 2.75) is 45.3 Å². The number of hydrazine groups is 1. The third kappa shape index (κ3) is 3.11. The monoisotopic (exact) mass is 252 g/mol. The van der Waals surface area contributed by atoms with Gasteiger partial charge in [0, 0.05) is 0 Å². The summed E-state index contributed by atoms with van der Waals surface area (Å²) in [5.41, 5.74) is 2.54. The van der Waals surface area contributed by atoms with Crippen molar-refractivity contribution in [2.24, 2.45) is 11.8 Å². The number of nitrogens with two attached hydrogens (primary N) is 1. The molecule has 0 saturated heterocycles. The minimum Gasteiger partial charge on any atom is -0.466 e. The lowest BCUT2D eigenvalue weighted by atomic mass is 9.89. The molecule has 1 aromatic rings. The summed E-state index contributed by atoms with van der Waals surface area (Å²) in [7, 11) is 0. The second-order valence-corrected chi connectivity index (χ2v) is 4.92. The molecule has 18 heavy (non-hydrogen) atoms. The molecule has 1 aliphatic rings. The minimum atomic E-state index is -0.348. The van der Waals surface area contributed by atoms with Gasteiger partial charge in [0.15, 0.2) is 0 Å². The van der Waals surface area contributed by atoms with Gasteiger partial charge in [-0.2, -0.15) is 0 Å². The molecule has 1 aromatic heterocycles. The molecule has 0 aromatic carbocycles. The molecule has 0 atom stereocenters. The molecule has 1 heterocycles. The molecule has 100 valence electrons. The number of carbonyl (C=O) groups is 1. The molecule has 0 radical (unpaired) electrons. The van der Waals surface area contributed by atoms with Crippen molar-refractivity contribution in [3.05, 3.63) is 23.7 Å². The van der Waals surface area contributed by atoms with Crippen LogP contribution in [0.25, 0.3) is 0 Å². The van der Waals surface area contributed by atoms with E-state index in [2.05, 4.69) is 12.3 Å². The molecule has 3 N–H and O–H groups in total. The van der Waals surface area contributed by atoms with Gasteiger partial charge in [-0.25, -0.2) is 5.84 Å². The summed E-state index contributed by atoms with van der Waals surface area (Å²) < 4.78 is 11.1. The van der Waals surface area contributed by atoms with Crippen molar-refractivity contribution >= 4 is 5.91 Å². The van der Waals surface area contributed by atoms with Crippen LogP contribution in [-0.4, -0.2) is 12.0 Å². The maximum Gasteiger partial charge on any atom is 0.268 e. The van der Waals surface area contributed by atoms with Crippen LogP contribution in [0.4, 0.5) is 0 Å². The predicted octanol–water partition coefficient (Wildman–Crippen LogP) is 1.98. The number of hydrogen-bond acceptors (Lipinski definition) is 4. The van der Waals surface area contributed by atoms with E-state index in [0.717, 1.165) is 18.8 Å². The Morgan fingerprint density at radius 2 is 2.22 bits per heavy atom. The van der Waals surface area contributed by atoms with Gasteiger partial charge in [-0.05, 0) is 37.7 Å². The van der Waals surface area contributed by atoms with Crippen LogP contribution >= 0.6 is 0 Å². The van der Waals surface area contributed by atoms with E-state index in [9.17, 15) is 4.79 Å². The standard InChI is InChI=1S/C13H20N2O3/c1-9-2-4-10(5-3-9)18-8-12-11(6-7-17-12)13(16)15-14/h6-7,9-10H,2-5,8,14H2,1H3,(H,15,16). The van der Waals surface area contributed by atoms with Gasteiger partial charge >= 0.3 is 0 Å². The van der Waals surface area contributed by atoms with Crippen molar-refractivity contribution in [2.75, 3.05) is 0 Å². The first-order chi connectivity index (χ1) is 8.70. The maximum atomic E-state index is 11.4. The highest BCUT2D eigenvalue weighted by Gasteiger charge is 2.20. The van der Waals surface area contributed by atoms with E-state index in [0.29, 0.717) is 17.9 Å². The molecule has 5 nitrogen and oxygen atoms in total. The Morgan fingerprint density at radius 3 is 2.89 bits per heavy atom. The topological polar surface area (TPSA) is 77.5 Å². The molecule has 1 saturated carbocycles. The number of carbonyl (C=O) groups excluding carboxylic acids is 1. The Kier molecular flexibility index (Phi) is 4.38. The first-order valence-electron chi connectivity index (χ1n) is 6.39. The maximum absolute atomic E-state index is 11.4. The number of rotatable bonds is 4. The van der Waals surface area contributed by atoms with E-state index >= 15 is 0 Å². The minimum absolute atomic E-state index is 0.278. The van der Waals surface area contributed by atoms with Crippen molar-refractivity contribution in [3.8, 4) is 0 Å². The Morgan fingerprint density at radius 1 is 1.50 bits per heavy atom. The number of furan rings is 1. The van der Waals surface area contributed by atoms with Crippen LogP contribution in [0.3, 0.4) is 0 Å². The van der Waals surface area contributed by atoms with E-state index in [1.807, 2.05) is 0 Å². The van der Waals surface area contributed by atoms with Gasteiger partial charge < -0.3 is 9.15 Å². The van der Waals surface area contributed by atoms with E-state index in [1.54, 1.807) is 6.07 Å². The molecule has 0 spiro atoms. The van der Waals surface area contributed by atoms with Crippen LogP contribution in [-0.2, 0) is 11.3 Å². The summed E-state index contributed by atoms with van der Waals surface area (Å²) in [4.78, 5) is 11.4. The fraction of sp³-hybridized carbons (Fsp3) is 0.615. The molecule has 0 bridgehead atoms. The summed E-state index contributed by atoms with van der Waals surface area (Å²) in [6.07, 6.45) is 6.34. The molecule has 5 heteroatoms. The third-order valence-corrected chi connectivity index (χ3v) is 3.53. The van der Waals surface area contributed by atoms with Crippen molar-refractivity contribution in [1.29, 1.82) is 0 Å².